The van der Waals surface area contributed by atoms with E-state index in [0.717, 1.165) is 0 Å². The van der Waals surface area contributed by atoms with Crippen LogP contribution in [0.15, 0.2) is 78.9 Å². The maximum absolute atomic E-state index is 12.9. The Bertz CT molecular complexity index is 1100. The molecule has 1 heterocycles. The van der Waals surface area contributed by atoms with Gasteiger partial charge in [-0.3, -0.25) is 9.59 Å². The van der Waals surface area contributed by atoms with Crippen LogP contribution in [0, 0.1) is 0 Å². The molecule has 0 saturated carbocycles. The van der Waals surface area contributed by atoms with Crippen molar-refractivity contribution in [2.45, 2.75) is 25.9 Å². The fraction of sp³-hybridized carbons (Fsp3) is 0.200. The summed E-state index contributed by atoms with van der Waals surface area (Å²) in [6, 6.07) is 24.0. The number of amides is 2. The van der Waals surface area contributed by atoms with Crippen LogP contribution in [0.5, 0.6) is 17.2 Å². The lowest BCUT2D eigenvalue weighted by Crippen LogP contribution is -2.53. The standard InChI is InChI=1S/C25H24N2O4/c1-25(2)24(29)27(20-13-7-9-15-22(20)31-25)17-16-23(28)26-19-12-6-8-14-21(19)30-18-10-4-3-5-11-18/h3-15H,16-17H2,1-2H3,(H,26,28). The maximum atomic E-state index is 12.9. The number of nitrogens with zero attached hydrogens (tertiary/aromatic N) is 1. The predicted molar refractivity (Wildman–Crippen MR) is 120 cm³/mol. The average Bonchev–Trinajstić information content (AvgIpc) is 2.76. The second-order valence-electron chi connectivity index (χ2n) is 7.75. The van der Waals surface area contributed by atoms with Gasteiger partial charge in [0.1, 0.15) is 11.5 Å². The summed E-state index contributed by atoms with van der Waals surface area (Å²) in [5.41, 5.74) is 0.263. The maximum Gasteiger partial charge on any atom is 0.270 e. The van der Waals surface area contributed by atoms with E-state index in [0.29, 0.717) is 28.6 Å². The van der Waals surface area contributed by atoms with Crippen LogP contribution in [0.3, 0.4) is 0 Å². The van der Waals surface area contributed by atoms with Crippen LogP contribution in [0.2, 0.25) is 0 Å². The molecule has 3 aromatic carbocycles. The van der Waals surface area contributed by atoms with E-state index in [-0.39, 0.29) is 24.8 Å². The summed E-state index contributed by atoms with van der Waals surface area (Å²) in [5, 5.41) is 2.90. The minimum atomic E-state index is -0.985. The molecular weight excluding hydrogens is 392 g/mol. The Morgan fingerprint density at radius 2 is 1.65 bits per heavy atom. The summed E-state index contributed by atoms with van der Waals surface area (Å²) >= 11 is 0. The van der Waals surface area contributed by atoms with E-state index in [1.165, 1.54) is 0 Å². The fourth-order valence-electron chi connectivity index (χ4n) is 3.44. The van der Waals surface area contributed by atoms with Gasteiger partial charge in [0.05, 0.1) is 11.4 Å². The largest absolute Gasteiger partial charge is 0.476 e. The van der Waals surface area contributed by atoms with Crippen molar-refractivity contribution in [1.29, 1.82) is 0 Å². The van der Waals surface area contributed by atoms with Gasteiger partial charge >= 0.3 is 0 Å². The van der Waals surface area contributed by atoms with Crippen LogP contribution in [-0.4, -0.2) is 24.0 Å². The van der Waals surface area contributed by atoms with Gasteiger partial charge in [-0.15, -0.1) is 0 Å². The number of benzene rings is 3. The second kappa shape index (κ2) is 8.52. The summed E-state index contributed by atoms with van der Waals surface area (Å²) in [7, 11) is 0. The van der Waals surface area contributed by atoms with Crippen LogP contribution in [0.25, 0.3) is 0 Å². The molecule has 0 spiro atoms. The molecule has 1 aliphatic heterocycles. The van der Waals surface area contributed by atoms with Crippen molar-refractivity contribution in [2.75, 3.05) is 16.8 Å². The summed E-state index contributed by atoms with van der Waals surface area (Å²) in [6.07, 6.45) is 0.135. The van der Waals surface area contributed by atoms with E-state index in [2.05, 4.69) is 5.32 Å². The first-order valence-electron chi connectivity index (χ1n) is 10.2. The number of para-hydroxylation sites is 5. The fourth-order valence-corrected chi connectivity index (χ4v) is 3.44. The molecule has 0 aliphatic carbocycles. The average molecular weight is 416 g/mol. The number of fused-ring (bicyclic) bond motifs is 1. The first-order valence-corrected chi connectivity index (χ1v) is 10.2. The van der Waals surface area contributed by atoms with Crippen LogP contribution in [-0.2, 0) is 9.59 Å². The third kappa shape index (κ3) is 4.53. The molecule has 0 bridgehead atoms. The molecule has 0 atom stereocenters. The highest BCUT2D eigenvalue weighted by Gasteiger charge is 2.40. The zero-order chi connectivity index (χ0) is 21.8. The molecule has 31 heavy (non-hydrogen) atoms. The highest BCUT2D eigenvalue weighted by atomic mass is 16.5. The molecule has 1 N–H and O–H groups in total. The van der Waals surface area contributed by atoms with E-state index >= 15 is 0 Å². The Balaban J connectivity index is 1.45. The molecule has 0 radical (unpaired) electrons. The topological polar surface area (TPSA) is 67.9 Å². The zero-order valence-electron chi connectivity index (χ0n) is 17.5. The monoisotopic (exact) mass is 416 g/mol. The molecule has 6 nitrogen and oxygen atoms in total. The van der Waals surface area contributed by atoms with Crippen LogP contribution in [0.4, 0.5) is 11.4 Å². The molecule has 0 unspecified atom stereocenters. The first kappa shape index (κ1) is 20.5. The van der Waals surface area contributed by atoms with Crippen molar-refractivity contribution in [3.8, 4) is 17.2 Å². The number of rotatable bonds is 6. The van der Waals surface area contributed by atoms with Gasteiger partial charge in [-0.05, 0) is 50.2 Å². The Hall–Kier alpha value is -3.80. The third-order valence-corrected chi connectivity index (χ3v) is 4.98. The summed E-state index contributed by atoms with van der Waals surface area (Å²) < 4.78 is 11.7. The molecule has 6 heteroatoms. The van der Waals surface area contributed by atoms with Crippen molar-refractivity contribution in [1.82, 2.24) is 0 Å². The van der Waals surface area contributed by atoms with Crippen LogP contribution >= 0.6 is 0 Å². The minimum absolute atomic E-state index is 0.135. The van der Waals surface area contributed by atoms with Gasteiger partial charge in [0, 0.05) is 13.0 Å². The van der Waals surface area contributed by atoms with E-state index in [9.17, 15) is 9.59 Å². The lowest BCUT2D eigenvalue weighted by molar-refractivity contribution is -0.132. The SMILES string of the molecule is CC1(C)Oc2ccccc2N(CCC(=O)Nc2ccccc2Oc2ccccc2)C1=O. The Kier molecular flexibility index (Phi) is 5.62. The highest BCUT2D eigenvalue weighted by molar-refractivity contribution is 6.03. The van der Waals surface area contributed by atoms with E-state index in [4.69, 9.17) is 9.47 Å². The molecule has 2 amide bonds. The number of carbonyl (C=O) groups excluding carboxylic acids is 2. The lowest BCUT2D eigenvalue weighted by atomic mass is 10.0. The molecule has 0 fully saturated rings. The molecule has 1 aliphatic rings. The number of hydrogen-bond donors (Lipinski definition) is 1. The van der Waals surface area contributed by atoms with Gasteiger partial charge in [0.15, 0.2) is 11.4 Å². The van der Waals surface area contributed by atoms with E-state index < -0.39 is 5.60 Å². The lowest BCUT2D eigenvalue weighted by Gasteiger charge is -2.38. The van der Waals surface area contributed by atoms with E-state index in [1.807, 2.05) is 66.7 Å². The molecule has 4 rings (SSSR count). The third-order valence-electron chi connectivity index (χ3n) is 4.98. The first-order chi connectivity index (χ1) is 14.9. The predicted octanol–water partition coefficient (Wildman–Crippen LogP) is 5.01. The van der Waals surface area contributed by atoms with Crippen molar-refractivity contribution in [2.24, 2.45) is 0 Å². The van der Waals surface area contributed by atoms with Crippen LogP contribution in [0.1, 0.15) is 20.3 Å². The summed E-state index contributed by atoms with van der Waals surface area (Å²) in [4.78, 5) is 27.2. The molecule has 0 aromatic heterocycles. The van der Waals surface area contributed by atoms with Crippen molar-refractivity contribution < 1.29 is 19.1 Å². The Morgan fingerprint density at radius 1 is 0.968 bits per heavy atom. The minimum Gasteiger partial charge on any atom is -0.476 e. The molecule has 0 saturated heterocycles. The molecule has 158 valence electrons. The van der Waals surface area contributed by atoms with Gasteiger partial charge in [-0.1, -0.05) is 42.5 Å². The normalized spacial score (nSPS) is 14.4. The van der Waals surface area contributed by atoms with Gasteiger partial charge in [0.25, 0.3) is 5.91 Å². The van der Waals surface area contributed by atoms with E-state index in [1.54, 1.807) is 30.9 Å². The molecular formula is C25H24N2O4. The molecule has 3 aromatic rings. The van der Waals surface area contributed by atoms with Crippen molar-refractivity contribution >= 4 is 23.2 Å². The quantitative estimate of drug-likeness (QED) is 0.613. The van der Waals surface area contributed by atoms with Crippen molar-refractivity contribution in [3.05, 3.63) is 78.9 Å². The van der Waals surface area contributed by atoms with Gasteiger partial charge in [-0.2, -0.15) is 0 Å². The van der Waals surface area contributed by atoms with Crippen LogP contribution < -0.4 is 19.7 Å². The Morgan fingerprint density at radius 3 is 2.45 bits per heavy atom. The number of hydrogen-bond acceptors (Lipinski definition) is 4. The number of anilines is 2. The van der Waals surface area contributed by atoms with Gasteiger partial charge in [-0.25, -0.2) is 0 Å². The van der Waals surface area contributed by atoms with Gasteiger partial charge in [0.2, 0.25) is 5.91 Å². The second-order valence-corrected chi connectivity index (χ2v) is 7.75. The summed E-state index contributed by atoms with van der Waals surface area (Å²) in [6.45, 7) is 3.71. The zero-order valence-corrected chi connectivity index (χ0v) is 17.5. The number of ether oxygens (including phenoxy) is 2. The smallest absolute Gasteiger partial charge is 0.270 e. The highest BCUT2D eigenvalue weighted by Crippen LogP contribution is 2.37. The summed E-state index contributed by atoms with van der Waals surface area (Å²) in [5.74, 6) is 1.48. The Labute approximate surface area is 181 Å². The van der Waals surface area contributed by atoms with Crippen molar-refractivity contribution in [3.63, 3.8) is 0 Å². The number of nitrogens with one attached hydrogen (secondary N) is 1. The van der Waals surface area contributed by atoms with Gasteiger partial charge < -0.3 is 19.7 Å². The number of carbonyl (C=O) groups is 2.